The second-order valence-corrected chi connectivity index (χ2v) is 8.34. The van der Waals surface area contributed by atoms with E-state index in [-0.39, 0.29) is 17.9 Å². The van der Waals surface area contributed by atoms with Crippen LogP contribution in [0.15, 0.2) is 78.6 Å². The number of aromatic nitrogens is 1. The van der Waals surface area contributed by atoms with Gasteiger partial charge in [0.1, 0.15) is 11.5 Å². The highest BCUT2D eigenvalue weighted by Crippen LogP contribution is 2.40. The molecule has 1 fully saturated rings. The van der Waals surface area contributed by atoms with E-state index in [9.17, 15) is 14.7 Å². The van der Waals surface area contributed by atoms with Gasteiger partial charge in [-0.3, -0.25) is 14.6 Å². The summed E-state index contributed by atoms with van der Waals surface area (Å²) in [5.41, 5.74) is 3.23. The van der Waals surface area contributed by atoms with Gasteiger partial charge in [-0.15, -0.1) is 0 Å². The SMILES string of the molecule is COc1ccc(/C(O)=C2/C(=O)C(=O)N(Cc3cccnc3)C2c2ccc(C(C)C)cc2)cc1. The summed E-state index contributed by atoms with van der Waals surface area (Å²) >= 11 is 0. The number of carbonyl (C=O) groups excluding carboxylic acids is 2. The minimum Gasteiger partial charge on any atom is -0.507 e. The summed E-state index contributed by atoms with van der Waals surface area (Å²) in [6.45, 7) is 4.41. The molecule has 6 heteroatoms. The zero-order valence-electron chi connectivity index (χ0n) is 18.9. The molecule has 0 bridgehead atoms. The van der Waals surface area contributed by atoms with Crippen molar-refractivity contribution >= 4 is 17.4 Å². The Labute approximate surface area is 193 Å². The first kappa shape index (κ1) is 22.3. The fourth-order valence-corrected chi connectivity index (χ4v) is 4.05. The number of nitrogens with zero attached hydrogens (tertiary/aromatic N) is 2. The second-order valence-electron chi connectivity index (χ2n) is 8.34. The average Bonchev–Trinajstić information content (AvgIpc) is 3.09. The van der Waals surface area contributed by atoms with Crippen LogP contribution in [0.1, 0.15) is 48.1 Å². The molecule has 1 atom stereocenters. The molecular formula is C27H26N2O4. The lowest BCUT2D eigenvalue weighted by Gasteiger charge is -2.25. The van der Waals surface area contributed by atoms with Gasteiger partial charge in [-0.25, -0.2) is 0 Å². The molecule has 1 saturated heterocycles. The van der Waals surface area contributed by atoms with E-state index in [2.05, 4.69) is 18.8 Å². The van der Waals surface area contributed by atoms with Crippen LogP contribution in [0.5, 0.6) is 5.75 Å². The number of methoxy groups -OCH3 is 1. The average molecular weight is 443 g/mol. The van der Waals surface area contributed by atoms with Crippen LogP contribution < -0.4 is 4.74 Å². The van der Waals surface area contributed by atoms with Gasteiger partial charge in [0.15, 0.2) is 0 Å². The first-order chi connectivity index (χ1) is 15.9. The molecule has 1 N–H and O–H groups in total. The van der Waals surface area contributed by atoms with Crippen LogP contribution in [0, 0.1) is 0 Å². The van der Waals surface area contributed by atoms with Crippen LogP contribution in [0.2, 0.25) is 0 Å². The summed E-state index contributed by atoms with van der Waals surface area (Å²) in [6, 6.07) is 17.5. The number of rotatable bonds is 6. The molecule has 2 heterocycles. The van der Waals surface area contributed by atoms with E-state index in [0.29, 0.717) is 17.2 Å². The van der Waals surface area contributed by atoms with E-state index >= 15 is 0 Å². The number of pyridine rings is 1. The Hall–Kier alpha value is -3.93. The third kappa shape index (κ3) is 4.37. The number of carbonyl (C=O) groups is 2. The molecule has 4 rings (SSSR count). The molecule has 1 aliphatic heterocycles. The molecule has 168 valence electrons. The molecule has 1 amide bonds. The third-order valence-electron chi connectivity index (χ3n) is 5.90. The van der Waals surface area contributed by atoms with Gasteiger partial charge in [0.2, 0.25) is 0 Å². The molecule has 1 aliphatic rings. The van der Waals surface area contributed by atoms with Crippen molar-refractivity contribution in [2.75, 3.05) is 7.11 Å². The van der Waals surface area contributed by atoms with Gasteiger partial charge in [-0.05, 0) is 52.9 Å². The van der Waals surface area contributed by atoms with Crippen molar-refractivity contribution in [3.8, 4) is 5.75 Å². The number of hydrogen-bond acceptors (Lipinski definition) is 5. The maximum Gasteiger partial charge on any atom is 0.295 e. The number of aliphatic hydroxyl groups excluding tert-OH is 1. The molecule has 0 aliphatic carbocycles. The molecule has 0 spiro atoms. The van der Waals surface area contributed by atoms with Gasteiger partial charge >= 0.3 is 0 Å². The van der Waals surface area contributed by atoms with Crippen molar-refractivity contribution < 1.29 is 19.4 Å². The molecule has 1 aromatic heterocycles. The van der Waals surface area contributed by atoms with Crippen molar-refractivity contribution in [2.45, 2.75) is 32.4 Å². The van der Waals surface area contributed by atoms with Crippen LogP contribution in [0.3, 0.4) is 0 Å². The molecule has 0 radical (unpaired) electrons. The van der Waals surface area contributed by atoms with E-state index in [4.69, 9.17) is 4.74 Å². The summed E-state index contributed by atoms with van der Waals surface area (Å²) in [5, 5.41) is 11.2. The van der Waals surface area contributed by atoms with Crippen molar-refractivity contribution in [3.63, 3.8) is 0 Å². The molecular weight excluding hydrogens is 416 g/mol. The molecule has 1 unspecified atom stereocenters. The number of ether oxygens (including phenoxy) is 1. The second kappa shape index (κ2) is 9.28. The van der Waals surface area contributed by atoms with Gasteiger partial charge in [0.25, 0.3) is 11.7 Å². The monoisotopic (exact) mass is 442 g/mol. The summed E-state index contributed by atoms with van der Waals surface area (Å²) in [6.07, 6.45) is 3.32. The molecule has 3 aromatic rings. The smallest absolute Gasteiger partial charge is 0.295 e. The Kier molecular flexibility index (Phi) is 6.27. The summed E-state index contributed by atoms with van der Waals surface area (Å²) in [4.78, 5) is 31.9. The Morgan fingerprint density at radius 1 is 1.06 bits per heavy atom. The standard InChI is InChI=1S/C27H26N2O4/c1-17(2)19-6-8-20(9-7-19)24-23(25(30)21-10-12-22(33-3)13-11-21)26(31)27(32)29(24)16-18-5-4-14-28-15-18/h4-15,17,24,30H,16H2,1-3H3/b25-23-. The lowest BCUT2D eigenvalue weighted by Crippen LogP contribution is -2.29. The Morgan fingerprint density at radius 2 is 1.76 bits per heavy atom. The first-order valence-electron chi connectivity index (χ1n) is 10.8. The lowest BCUT2D eigenvalue weighted by atomic mass is 9.93. The number of likely N-dealkylation sites (tertiary alicyclic amines) is 1. The van der Waals surface area contributed by atoms with Crippen molar-refractivity contribution in [2.24, 2.45) is 0 Å². The van der Waals surface area contributed by atoms with Crippen LogP contribution >= 0.6 is 0 Å². The number of ketones is 1. The minimum absolute atomic E-state index is 0.0753. The fraction of sp³-hybridized carbons (Fsp3) is 0.222. The molecule has 2 aromatic carbocycles. The highest BCUT2D eigenvalue weighted by atomic mass is 16.5. The first-order valence-corrected chi connectivity index (χ1v) is 10.8. The largest absolute Gasteiger partial charge is 0.507 e. The van der Waals surface area contributed by atoms with Crippen molar-refractivity contribution in [1.82, 2.24) is 9.88 Å². The number of benzene rings is 2. The maximum absolute atomic E-state index is 13.2. The van der Waals surface area contributed by atoms with Crippen LogP contribution in [-0.4, -0.2) is 33.8 Å². The molecule has 0 saturated carbocycles. The number of amides is 1. The van der Waals surface area contributed by atoms with E-state index < -0.39 is 17.7 Å². The quantitative estimate of drug-likeness (QED) is 0.336. The third-order valence-corrected chi connectivity index (χ3v) is 5.90. The highest BCUT2D eigenvalue weighted by Gasteiger charge is 2.46. The Bertz CT molecular complexity index is 1180. The number of hydrogen-bond donors (Lipinski definition) is 1. The van der Waals surface area contributed by atoms with Gasteiger partial charge < -0.3 is 14.7 Å². The summed E-state index contributed by atoms with van der Waals surface area (Å²) in [5.74, 6) is -0.580. The van der Waals surface area contributed by atoms with E-state index in [1.807, 2.05) is 30.3 Å². The van der Waals surface area contributed by atoms with Gasteiger partial charge in [0, 0.05) is 24.5 Å². The van der Waals surface area contributed by atoms with Gasteiger partial charge in [-0.2, -0.15) is 0 Å². The van der Waals surface area contributed by atoms with Crippen molar-refractivity contribution in [3.05, 3.63) is 101 Å². The van der Waals surface area contributed by atoms with Crippen molar-refractivity contribution in [1.29, 1.82) is 0 Å². The van der Waals surface area contributed by atoms with E-state index in [0.717, 1.165) is 16.7 Å². The number of Topliss-reactive ketones (excluding diaryl/α,β-unsaturated/α-hetero) is 1. The molecule has 6 nitrogen and oxygen atoms in total. The van der Waals surface area contributed by atoms with Gasteiger partial charge in [-0.1, -0.05) is 44.2 Å². The predicted octanol–water partition coefficient (Wildman–Crippen LogP) is 4.84. The minimum atomic E-state index is -0.714. The van der Waals surface area contributed by atoms with E-state index in [1.54, 1.807) is 49.8 Å². The Balaban J connectivity index is 1.83. The zero-order valence-corrected chi connectivity index (χ0v) is 18.9. The fourth-order valence-electron chi connectivity index (χ4n) is 4.05. The summed E-state index contributed by atoms with van der Waals surface area (Å²) < 4.78 is 5.18. The number of aliphatic hydroxyl groups is 1. The van der Waals surface area contributed by atoms with Crippen LogP contribution in [-0.2, 0) is 16.1 Å². The highest BCUT2D eigenvalue weighted by molar-refractivity contribution is 6.46. The summed E-state index contributed by atoms with van der Waals surface area (Å²) in [7, 11) is 1.56. The topological polar surface area (TPSA) is 79.7 Å². The normalized spacial score (nSPS) is 17.6. The Morgan fingerprint density at radius 3 is 2.33 bits per heavy atom. The molecule has 33 heavy (non-hydrogen) atoms. The maximum atomic E-state index is 13.2. The predicted molar refractivity (Wildman–Crippen MR) is 126 cm³/mol. The zero-order chi connectivity index (χ0) is 23.5. The lowest BCUT2D eigenvalue weighted by molar-refractivity contribution is -0.140. The van der Waals surface area contributed by atoms with Crippen LogP contribution in [0.25, 0.3) is 5.76 Å². The van der Waals surface area contributed by atoms with Gasteiger partial charge in [0.05, 0.1) is 18.7 Å². The van der Waals surface area contributed by atoms with Crippen LogP contribution in [0.4, 0.5) is 0 Å². The van der Waals surface area contributed by atoms with E-state index in [1.165, 1.54) is 4.90 Å².